The Labute approximate surface area is 222 Å². The number of esters is 2. The lowest BCUT2D eigenvalue weighted by Gasteiger charge is -2.42. The molecule has 0 aromatic heterocycles. The molecule has 0 aliphatic carbocycles. The molecule has 4 rings (SSSR count). The van der Waals surface area contributed by atoms with Crippen molar-refractivity contribution in [2.75, 3.05) is 39.6 Å². The number of ether oxygens (including phenoxy) is 5. The van der Waals surface area contributed by atoms with Crippen LogP contribution in [0, 0.1) is 11.8 Å². The Morgan fingerprint density at radius 3 is 1.66 bits per heavy atom. The molecule has 4 atom stereocenters. The van der Waals surface area contributed by atoms with Gasteiger partial charge in [0, 0.05) is 35.0 Å². The number of carbonyl (C=O) groups is 3. The molecule has 2 aliphatic rings. The maximum atomic E-state index is 14.2. The third-order valence-corrected chi connectivity index (χ3v) is 6.76. The Bertz CT molecular complexity index is 1040. The average molecular weight is 526 g/mol. The van der Waals surface area contributed by atoms with E-state index in [-0.39, 0.29) is 31.8 Å². The fraction of sp³-hybridized carbons (Fsp3) is 0.483. The summed E-state index contributed by atoms with van der Waals surface area (Å²) in [5.74, 6) is -1.54. The van der Waals surface area contributed by atoms with Crippen LogP contribution in [-0.4, -0.2) is 57.4 Å². The van der Waals surface area contributed by atoms with Crippen LogP contribution in [0.25, 0.3) is 0 Å². The molecule has 2 bridgehead atoms. The van der Waals surface area contributed by atoms with E-state index in [4.69, 9.17) is 23.7 Å². The molecule has 2 aliphatic heterocycles. The van der Waals surface area contributed by atoms with Crippen molar-refractivity contribution < 1.29 is 38.1 Å². The van der Waals surface area contributed by atoms with Crippen molar-refractivity contribution in [3.05, 3.63) is 59.7 Å². The van der Waals surface area contributed by atoms with Crippen molar-refractivity contribution in [3.63, 3.8) is 0 Å². The Morgan fingerprint density at radius 2 is 1.21 bits per heavy atom. The zero-order chi connectivity index (χ0) is 26.9. The third kappa shape index (κ3) is 6.52. The summed E-state index contributed by atoms with van der Waals surface area (Å²) in [6.07, 6.45) is -0.266. The van der Waals surface area contributed by atoms with E-state index in [1.54, 1.807) is 13.8 Å². The summed E-state index contributed by atoms with van der Waals surface area (Å²) in [5, 5.41) is 3.62. The van der Waals surface area contributed by atoms with Gasteiger partial charge in [0.05, 0.1) is 39.3 Å². The molecule has 0 saturated carbocycles. The minimum Gasteiger partial charge on any atom is -0.491 e. The molecule has 0 radical (unpaired) electrons. The zero-order valence-electron chi connectivity index (χ0n) is 21.9. The lowest BCUT2D eigenvalue weighted by Crippen LogP contribution is -2.50. The van der Waals surface area contributed by atoms with Crippen LogP contribution < -0.4 is 14.8 Å². The molecule has 0 amide bonds. The van der Waals surface area contributed by atoms with E-state index in [1.807, 2.05) is 48.5 Å². The quantitative estimate of drug-likeness (QED) is 0.566. The van der Waals surface area contributed by atoms with Crippen LogP contribution in [0.2, 0.25) is 0 Å². The van der Waals surface area contributed by atoms with Gasteiger partial charge in [0.15, 0.2) is 0 Å². The molecular weight excluding hydrogens is 490 g/mol. The van der Waals surface area contributed by atoms with E-state index >= 15 is 0 Å². The van der Waals surface area contributed by atoms with E-state index in [1.165, 1.54) is 0 Å². The monoisotopic (exact) mass is 525 g/mol. The SMILES string of the molecule is CCOC(=O)C[C@@H]1C(=O)[C@@H](CC(=O)OCC)[C@H]2N[C@H]1c1ccccc1OCCOCCOc1ccccc12. The van der Waals surface area contributed by atoms with Crippen LogP contribution >= 0.6 is 0 Å². The Morgan fingerprint density at radius 1 is 0.763 bits per heavy atom. The maximum absolute atomic E-state index is 14.2. The first kappa shape index (κ1) is 27.6. The molecular formula is C29H35NO8. The number of nitrogens with one attached hydrogen (secondary N) is 1. The molecule has 9 heteroatoms. The van der Waals surface area contributed by atoms with Crippen molar-refractivity contribution in [3.8, 4) is 11.5 Å². The van der Waals surface area contributed by atoms with Gasteiger partial charge in [-0.3, -0.25) is 14.4 Å². The van der Waals surface area contributed by atoms with Crippen LogP contribution in [0.4, 0.5) is 0 Å². The molecule has 38 heavy (non-hydrogen) atoms. The minimum atomic E-state index is -0.785. The lowest BCUT2D eigenvalue weighted by molar-refractivity contribution is -0.151. The van der Waals surface area contributed by atoms with Gasteiger partial charge in [0.2, 0.25) is 0 Å². The first-order valence-corrected chi connectivity index (χ1v) is 13.2. The molecule has 0 spiro atoms. The summed E-state index contributed by atoms with van der Waals surface area (Å²) in [6.45, 7) is 5.22. The molecule has 1 fully saturated rings. The topological polar surface area (TPSA) is 109 Å². The van der Waals surface area contributed by atoms with E-state index in [2.05, 4.69) is 5.32 Å². The highest BCUT2D eigenvalue weighted by Crippen LogP contribution is 2.45. The van der Waals surface area contributed by atoms with Crippen molar-refractivity contribution in [1.29, 1.82) is 0 Å². The van der Waals surface area contributed by atoms with Gasteiger partial charge in [0.25, 0.3) is 0 Å². The van der Waals surface area contributed by atoms with Crippen molar-refractivity contribution in [1.82, 2.24) is 5.32 Å². The first-order chi connectivity index (χ1) is 18.5. The van der Waals surface area contributed by atoms with Gasteiger partial charge in [-0.2, -0.15) is 0 Å². The number of rotatable bonds is 6. The van der Waals surface area contributed by atoms with E-state index < -0.39 is 35.9 Å². The summed E-state index contributed by atoms with van der Waals surface area (Å²) in [6, 6.07) is 13.7. The zero-order valence-corrected chi connectivity index (χ0v) is 21.9. The molecule has 2 heterocycles. The van der Waals surface area contributed by atoms with Crippen molar-refractivity contribution >= 4 is 17.7 Å². The second-order valence-corrected chi connectivity index (χ2v) is 9.14. The summed E-state index contributed by atoms with van der Waals surface area (Å²) < 4.78 is 28.2. The minimum absolute atomic E-state index is 0.133. The van der Waals surface area contributed by atoms with Crippen LogP contribution in [0.15, 0.2) is 48.5 Å². The lowest BCUT2D eigenvalue weighted by atomic mass is 9.72. The van der Waals surface area contributed by atoms with Gasteiger partial charge in [-0.05, 0) is 26.0 Å². The highest BCUT2D eigenvalue weighted by molar-refractivity contribution is 5.92. The van der Waals surface area contributed by atoms with Crippen LogP contribution in [-0.2, 0) is 28.6 Å². The van der Waals surface area contributed by atoms with Gasteiger partial charge >= 0.3 is 11.9 Å². The number of Topliss-reactive ketones (excluding diaryl/α,β-unsaturated/α-hetero) is 1. The summed E-state index contributed by atoms with van der Waals surface area (Å²) in [4.78, 5) is 39.5. The fourth-order valence-corrected chi connectivity index (χ4v) is 5.14. The number of hydrogen-bond acceptors (Lipinski definition) is 9. The van der Waals surface area contributed by atoms with Crippen molar-refractivity contribution in [2.45, 2.75) is 38.8 Å². The Kier molecular flexibility index (Phi) is 9.73. The van der Waals surface area contributed by atoms with Crippen LogP contribution in [0.5, 0.6) is 11.5 Å². The molecule has 0 unspecified atom stereocenters. The molecule has 1 N–H and O–H groups in total. The van der Waals surface area contributed by atoms with Crippen LogP contribution in [0.3, 0.4) is 0 Å². The Balaban J connectivity index is 1.83. The van der Waals surface area contributed by atoms with E-state index in [9.17, 15) is 14.4 Å². The number of hydrogen-bond donors (Lipinski definition) is 1. The summed E-state index contributed by atoms with van der Waals surface area (Å²) in [5.41, 5.74) is 1.48. The highest BCUT2D eigenvalue weighted by atomic mass is 16.5. The predicted octanol–water partition coefficient (Wildman–Crippen LogP) is 3.57. The predicted molar refractivity (Wildman–Crippen MR) is 138 cm³/mol. The highest BCUT2D eigenvalue weighted by Gasteiger charge is 2.47. The summed E-state index contributed by atoms with van der Waals surface area (Å²) in [7, 11) is 0. The standard InChI is InChI=1S/C29H35NO8/c1-3-35-25(31)17-21-27-19-9-5-7-11-23(19)37-15-13-34-14-16-38-24-12-8-6-10-20(24)28(30-27)22(29(21)33)18-26(32)36-4-2/h5-12,21-22,27-28,30H,3-4,13-18H2,1-2H3/t21-,22-,27-,28-/m0/s1. The second-order valence-electron chi connectivity index (χ2n) is 9.14. The van der Waals surface area contributed by atoms with Gasteiger partial charge in [0.1, 0.15) is 30.5 Å². The van der Waals surface area contributed by atoms with E-state index in [0.29, 0.717) is 37.9 Å². The maximum Gasteiger partial charge on any atom is 0.306 e. The molecule has 2 aromatic rings. The molecule has 204 valence electrons. The number of para-hydroxylation sites is 2. The number of piperidine rings is 1. The van der Waals surface area contributed by atoms with Gasteiger partial charge in [-0.1, -0.05) is 36.4 Å². The molecule has 9 nitrogen and oxygen atoms in total. The number of carbonyl (C=O) groups excluding carboxylic acids is 3. The average Bonchev–Trinajstić information content (AvgIpc) is 2.91. The van der Waals surface area contributed by atoms with Gasteiger partial charge in [-0.25, -0.2) is 0 Å². The number of benzene rings is 2. The molecule has 1 saturated heterocycles. The van der Waals surface area contributed by atoms with Crippen LogP contribution in [0.1, 0.15) is 49.9 Å². The Hall–Kier alpha value is -3.43. The third-order valence-electron chi connectivity index (χ3n) is 6.76. The normalized spacial score (nSPS) is 23.5. The number of ketones is 1. The second kappa shape index (κ2) is 13.4. The van der Waals surface area contributed by atoms with Gasteiger partial charge in [-0.15, -0.1) is 0 Å². The molecule has 2 aromatic carbocycles. The van der Waals surface area contributed by atoms with Gasteiger partial charge < -0.3 is 29.0 Å². The largest absolute Gasteiger partial charge is 0.491 e. The van der Waals surface area contributed by atoms with Crippen molar-refractivity contribution in [2.24, 2.45) is 11.8 Å². The summed E-state index contributed by atoms with van der Waals surface area (Å²) >= 11 is 0. The first-order valence-electron chi connectivity index (χ1n) is 13.2. The number of fused-ring (bicyclic) bond motifs is 6. The van der Waals surface area contributed by atoms with E-state index in [0.717, 1.165) is 11.1 Å². The fourth-order valence-electron chi connectivity index (χ4n) is 5.14. The smallest absolute Gasteiger partial charge is 0.306 e.